The van der Waals surface area contributed by atoms with Crippen molar-refractivity contribution in [2.75, 3.05) is 17.3 Å². The molecule has 0 spiro atoms. The first-order chi connectivity index (χ1) is 13.1. The molecule has 0 amide bonds. The van der Waals surface area contributed by atoms with Crippen LogP contribution in [0.25, 0.3) is 11.0 Å². The molecule has 2 aromatic heterocycles. The summed E-state index contributed by atoms with van der Waals surface area (Å²) in [6.45, 7) is 1.84. The number of aromatic nitrogens is 3. The van der Waals surface area contributed by atoms with Crippen molar-refractivity contribution in [2.45, 2.75) is 6.92 Å². The van der Waals surface area contributed by atoms with Crippen LogP contribution in [0.3, 0.4) is 0 Å². The molecule has 0 saturated carbocycles. The topological polar surface area (TPSA) is 53.9 Å². The van der Waals surface area contributed by atoms with Gasteiger partial charge >= 0.3 is 0 Å². The Labute approximate surface area is 168 Å². The summed E-state index contributed by atoms with van der Waals surface area (Å²) >= 11 is 0. The van der Waals surface area contributed by atoms with Crippen molar-refractivity contribution in [3.8, 4) is 0 Å². The van der Waals surface area contributed by atoms with Gasteiger partial charge in [0.15, 0.2) is 5.65 Å². The minimum atomic E-state index is -0.274. The number of aryl methyl sites for hydroxylation is 1. The maximum atomic E-state index is 13.4. The Kier molecular flexibility index (Phi) is 5.70. The van der Waals surface area contributed by atoms with Crippen molar-refractivity contribution in [1.29, 1.82) is 0 Å². The number of fused-ring (bicyclic) bond motifs is 1. The largest absolute Gasteiger partial charge is 0.329 e. The number of para-hydroxylation sites is 1. The summed E-state index contributed by atoms with van der Waals surface area (Å²) in [4.78, 5) is 15.6. The molecule has 0 fully saturated rings. The summed E-state index contributed by atoms with van der Waals surface area (Å²) in [5.74, 6) is 0.874. The molecular formula is C21H19ClFN5. The maximum absolute atomic E-state index is 13.4. The molecule has 5 nitrogen and oxygen atoms in total. The smallest absolute Gasteiger partial charge is 0.231 e. The van der Waals surface area contributed by atoms with Crippen LogP contribution in [0.15, 0.2) is 66.9 Å². The zero-order valence-electron chi connectivity index (χ0n) is 15.4. The standard InChI is InChI=1S/C21H18FN5.ClH/c1-14-13-15(22)10-11-18(14)24-21-25-19-17(9-6-12-23-19)20(26-21)27(2)16-7-4-3-5-8-16;/h3-13H,1-2H3,(H,23,24,25,26);1H. The molecular weight excluding hydrogens is 377 g/mol. The van der Waals surface area contributed by atoms with Crippen LogP contribution < -0.4 is 10.2 Å². The molecule has 4 rings (SSSR count). The van der Waals surface area contributed by atoms with Crippen molar-refractivity contribution in [3.63, 3.8) is 0 Å². The van der Waals surface area contributed by atoms with E-state index in [9.17, 15) is 4.39 Å². The number of nitrogens with zero attached hydrogens (tertiary/aromatic N) is 4. The summed E-state index contributed by atoms with van der Waals surface area (Å²) in [6, 6.07) is 18.3. The quantitative estimate of drug-likeness (QED) is 0.501. The van der Waals surface area contributed by atoms with Gasteiger partial charge < -0.3 is 10.2 Å². The van der Waals surface area contributed by atoms with Gasteiger partial charge in [-0.2, -0.15) is 9.97 Å². The molecule has 7 heteroatoms. The highest BCUT2D eigenvalue weighted by Gasteiger charge is 2.14. The Morgan fingerprint density at radius 1 is 0.964 bits per heavy atom. The van der Waals surface area contributed by atoms with E-state index < -0.39 is 0 Å². The third-order valence-electron chi connectivity index (χ3n) is 4.35. The van der Waals surface area contributed by atoms with Gasteiger partial charge in [-0.15, -0.1) is 12.4 Å². The van der Waals surface area contributed by atoms with Crippen LogP contribution in [0, 0.1) is 12.7 Å². The zero-order chi connectivity index (χ0) is 18.8. The Bertz CT molecular complexity index is 1100. The minimum Gasteiger partial charge on any atom is -0.329 e. The van der Waals surface area contributed by atoms with Gasteiger partial charge in [0.05, 0.1) is 5.39 Å². The van der Waals surface area contributed by atoms with Crippen LogP contribution in [-0.2, 0) is 0 Å². The second-order valence-corrected chi connectivity index (χ2v) is 6.22. The lowest BCUT2D eigenvalue weighted by molar-refractivity contribution is 0.627. The van der Waals surface area contributed by atoms with Crippen LogP contribution in [0.2, 0.25) is 0 Å². The first-order valence-corrected chi connectivity index (χ1v) is 8.56. The fourth-order valence-corrected chi connectivity index (χ4v) is 2.92. The zero-order valence-corrected chi connectivity index (χ0v) is 16.2. The number of anilines is 4. The molecule has 2 heterocycles. The van der Waals surface area contributed by atoms with E-state index in [2.05, 4.69) is 15.3 Å². The van der Waals surface area contributed by atoms with Crippen molar-refractivity contribution in [1.82, 2.24) is 15.0 Å². The SMILES string of the molecule is Cc1cc(F)ccc1Nc1nc(N(C)c2ccccc2)c2cccnc2n1.Cl. The van der Waals surface area contributed by atoms with E-state index in [1.165, 1.54) is 12.1 Å². The Balaban J connectivity index is 0.00000225. The molecule has 2 aromatic carbocycles. The molecule has 0 saturated heterocycles. The summed E-state index contributed by atoms with van der Waals surface area (Å²) in [5.41, 5.74) is 3.12. The minimum absolute atomic E-state index is 0. The second kappa shape index (κ2) is 8.19. The predicted octanol–water partition coefficient (Wildman–Crippen LogP) is 5.41. The lowest BCUT2D eigenvalue weighted by Crippen LogP contribution is -2.13. The van der Waals surface area contributed by atoms with Crippen LogP contribution in [-0.4, -0.2) is 22.0 Å². The normalized spacial score (nSPS) is 10.4. The monoisotopic (exact) mass is 395 g/mol. The first-order valence-electron chi connectivity index (χ1n) is 8.56. The van der Waals surface area contributed by atoms with Crippen molar-refractivity contribution < 1.29 is 4.39 Å². The van der Waals surface area contributed by atoms with Gasteiger partial charge in [0.25, 0.3) is 0 Å². The molecule has 4 aromatic rings. The summed E-state index contributed by atoms with van der Waals surface area (Å²) in [6.07, 6.45) is 1.70. The van der Waals surface area contributed by atoms with Crippen LogP contribution in [0.4, 0.5) is 27.5 Å². The van der Waals surface area contributed by atoms with E-state index in [1.807, 2.05) is 61.3 Å². The maximum Gasteiger partial charge on any atom is 0.231 e. The highest BCUT2D eigenvalue weighted by atomic mass is 35.5. The summed E-state index contributed by atoms with van der Waals surface area (Å²) in [5, 5.41) is 4.03. The van der Waals surface area contributed by atoms with Crippen molar-refractivity contribution >= 4 is 46.6 Å². The molecule has 28 heavy (non-hydrogen) atoms. The predicted molar refractivity (Wildman–Crippen MR) is 114 cm³/mol. The van der Waals surface area contributed by atoms with Crippen molar-refractivity contribution in [3.05, 3.63) is 78.2 Å². The van der Waals surface area contributed by atoms with Gasteiger partial charge in [0, 0.05) is 24.6 Å². The molecule has 0 aliphatic rings. The number of halogens is 2. The van der Waals surface area contributed by atoms with Gasteiger partial charge in [0.1, 0.15) is 11.6 Å². The third kappa shape index (κ3) is 3.87. The Hall–Kier alpha value is -3.25. The van der Waals surface area contributed by atoms with Crippen LogP contribution >= 0.6 is 12.4 Å². The summed E-state index contributed by atoms with van der Waals surface area (Å²) in [7, 11) is 1.96. The number of rotatable bonds is 4. The number of hydrogen-bond acceptors (Lipinski definition) is 5. The summed E-state index contributed by atoms with van der Waals surface area (Å²) < 4.78 is 13.4. The highest BCUT2D eigenvalue weighted by Crippen LogP contribution is 2.30. The molecule has 0 radical (unpaired) electrons. The Morgan fingerprint density at radius 3 is 2.50 bits per heavy atom. The van der Waals surface area contributed by atoms with Gasteiger partial charge in [-0.1, -0.05) is 18.2 Å². The number of hydrogen-bond donors (Lipinski definition) is 1. The molecule has 1 N–H and O–H groups in total. The average Bonchev–Trinajstić information content (AvgIpc) is 2.69. The number of nitrogens with one attached hydrogen (secondary N) is 1. The van der Waals surface area contributed by atoms with Gasteiger partial charge in [-0.05, 0) is 55.0 Å². The molecule has 0 unspecified atom stereocenters. The van der Waals surface area contributed by atoms with Crippen LogP contribution in [0.1, 0.15) is 5.56 Å². The lowest BCUT2D eigenvalue weighted by atomic mass is 10.2. The van der Waals surface area contributed by atoms with E-state index in [4.69, 9.17) is 4.98 Å². The third-order valence-corrected chi connectivity index (χ3v) is 4.35. The second-order valence-electron chi connectivity index (χ2n) is 6.22. The van der Waals surface area contributed by atoms with Gasteiger partial charge in [-0.3, -0.25) is 0 Å². The van der Waals surface area contributed by atoms with E-state index in [1.54, 1.807) is 12.3 Å². The number of pyridine rings is 1. The highest BCUT2D eigenvalue weighted by molar-refractivity contribution is 5.90. The van der Waals surface area contributed by atoms with E-state index in [0.29, 0.717) is 11.6 Å². The molecule has 0 bridgehead atoms. The van der Waals surface area contributed by atoms with Crippen molar-refractivity contribution in [2.24, 2.45) is 0 Å². The van der Waals surface area contributed by atoms with Gasteiger partial charge in [-0.25, -0.2) is 9.37 Å². The molecule has 0 atom stereocenters. The molecule has 0 aliphatic heterocycles. The Morgan fingerprint density at radius 2 is 1.75 bits per heavy atom. The molecule has 0 aliphatic carbocycles. The fourth-order valence-electron chi connectivity index (χ4n) is 2.92. The van der Waals surface area contributed by atoms with E-state index >= 15 is 0 Å². The molecule has 142 valence electrons. The number of benzene rings is 2. The van der Waals surface area contributed by atoms with Gasteiger partial charge in [0.2, 0.25) is 5.95 Å². The van der Waals surface area contributed by atoms with E-state index in [-0.39, 0.29) is 18.2 Å². The fraction of sp³-hybridized carbons (Fsp3) is 0.0952. The average molecular weight is 396 g/mol. The van der Waals surface area contributed by atoms with E-state index in [0.717, 1.165) is 28.1 Å². The van der Waals surface area contributed by atoms with Crippen LogP contribution in [0.5, 0.6) is 0 Å². The lowest BCUT2D eigenvalue weighted by Gasteiger charge is -2.20. The first kappa shape index (κ1) is 19.5.